The molecular formula is C11H15N3O5S. The fraction of sp³-hybridized carbons (Fsp3) is 0.455. The summed E-state index contributed by atoms with van der Waals surface area (Å²) in [5.74, 6) is -0.713. The Morgan fingerprint density at radius 3 is 2.80 bits per heavy atom. The second kappa shape index (κ2) is 7.06. The van der Waals surface area contributed by atoms with Gasteiger partial charge in [-0.25, -0.2) is 0 Å². The smallest absolute Gasteiger partial charge is 0.286 e. The van der Waals surface area contributed by atoms with E-state index in [1.807, 2.05) is 0 Å². The molecule has 1 amide bonds. The van der Waals surface area contributed by atoms with Crippen LogP contribution in [0.1, 0.15) is 17.3 Å². The van der Waals surface area contributed by atoms with Crippen molar-refractivity contribution in [3.8, 4) is 0 Å². The Bertz CT molecular complexity index is 555. The standard InChI is InChI=1S/C11H15N3O5S/c1-6(9(5-15)20-2)13-11(17)8-3-7(14(18)19)4-12-10(8)16/h3-4,6,9,15H,5H2,1-2H3,(H,12,16)(H,13,17). The van der Waals surface area contributed by atoms with Crippen molar-refractivity contribution < 1.29 is 14.8 Å². The van der Waals surface area contributed by atoms with Gasteiger partial charge in [0.15, 0.2) is 0 Å². The second-order valence-corrected chi connectivity index (χ2v) is 5.15. The third kappa shape index (κ3) is 3.81. The van der Waals surface area contributed by atoms with Crippen LogP contribution in [0.25, 0.3) is 0 Å². The van der Waals surface area contributed by atoms with E-state index in [-0.39, 0.29) is 29.1 Å². The molecule has 0 aliphatic rings. The molecule has 3 N–H and O–H groups in total. The Morgan fingerprint density at radius 2 is 2.30 bits per heavy atom. The van der Waals surface area contributed by atoms with Crippen LogP contribution in [0, 0.1) is 10.1 Å². The normalized spacial score (nSPS) is 13.6. The number of nitro groups is 1. The number of rotatable bonds is 6. The number of aliphatic hydroxyl groups excluding tert-OH is 1. The van der Waals surface area contributed by atoms with Gasteiger partial charge in [-0.2, -0.15) is 11.8 Å². The van der Waals surface area contributed by atoms with Crippen molar-refractivity contribution in [1.29, 1.82) is 0 Å². The third-order valence-corrected chi connectivity index (χ3v) is 3.91. The average Bonchev–Trinajstić information content (AvgIpc) is 2.40. The van der Waals surface area contributed by atoms with Crippen LogP contribution in [0.5, 0.6) is 0 Å². The van der Waals surface area contributed by atoms with Gasteiger partial charge < -0.3 is 15.4 Å². The van der Waals surface area contributed by atoms with Gasteiger partial charge >= 0.3 is 0 Å². The quantitative estimate of drug-likeness (QED) is 0.506. The molecule has 2 unspecified atom stereocenters. The van der Waals surface area contributed by atoms with Crippen molar-refractivity contribution in [3.63, 3.8) is 0 Å². The maximum absolute atomic E-state index is 11.9. The van der Waals surface area contributed by atoms with Gasteiger partial charge in [0.25, 0.3) is 17.2 Å². The summed E-state index contributed by atoms with van der Waals surface area (Å²) in [4.78, 5) is 35.5. The van der Waals surface area contributed by atoms with Crippen LogP contribution < -0.4 is 10.9 Å². The summed E-state index contributed by atoms with van der Waals surface area (Å²) in [7, 11) is 0. The molecule has 1 aromatic rings. The van der Waals surface area contributed by atoms with Gasteiger partial charge in [-0.05, 0) is 13.2 Å². The van der Waals surface area contributed by atoms with E-state index in [1.54, 1.807) is 13.2 Å². The first-order valence-electron chi connectivity index (χ1n) is 5.72. The number of thioether (sulfide) groups is 1. The number of aromatic nitrogens is 1. The molecule has 1 rings (SSSR count). The topological polar surface area (TPSA) is 125 Å². The van der Waals surface area contributed by atoms with E-state index in [1.165, 1.54) is 11.8 Å². The minimum atomic E-state index is -0.713. The molecule has 0 saturated heterocycles. The first-order valence-corrected chi connectivity index (χ1v) is 7.01. The number of nitrogens with one attached hydrogen (secondary N) is 2. The number of aliphatic hydroxyl groups is 1. The largest absolute Gasteiger partial charge is 0.395 e. The van der Waals surface area contributed by atoms with Gasteiger partial charge in [-0.15, -0.1) is 0 Å². The number of amides is 1. The number of carbonyl (C=O) groups is 1. The summed E-state index contributed by atoms with van der Waals surface area (Å²) in [6.07, 6.45) is 2.71. The molecule has 0 radical (unpaired) electrons. The Morgan fingerprint density at radius 1 is 1.65 bits per heavy atom. The Hall–Kier alpha value is -1.87. The average molecular weight is 301 g/mol. The zero-order valence-corrected chi connectivity index (χ0v) is 11.8. The van der Waals surface area contributed by atoms with E-state index < -0.39 is 16.4 Å². The van der Waals surface area contributed by atoms with Crippen LogP contribution in [-0.2, 0) is 0 Å². The molecule has 0 aliphatic heterocycles. The molecule has 0 spiro atoms. The molecule has 0 bridgehead atoms. The molecule has 1 aromatic heterocycles. The molecule has 0 saturated carbocycles. The van der Waals surface area contributed by atoms with E-state index in [0.29, 0.717) is 0 Å². The minimum Gasteiger partial charge on any atom is -0.395 e. The monoisotopic (exact) mass is 301 g/mol. The first kappa shape index (κ1) is 16.2. The molecule has 0 fully saturated rings. The SMILES string of the molecule is CSC(CO)C(C)NC(=O)c1cc([N+](=O)[O-])c[nH]c1=O. The molecular weight excluding hydrogens is 286 g/mol. The molecule has 0 aromatic carbocycles. The van der Waals surface area contributed by atoms with E-state index in [9.17, 15) is 19.7 Å². The highest BCUT2D eigenvalue weighted by Crippen LogP contribution is 2.12. The zero-order valence-electron chi connectivity index (χ0n) is 11.0. The fourth-order valence-corrected chi connectivity index (χ4v) is 2.19. The second-order valence-electron chi connectivity index (χ2n) is 4.08. The fourth-order valence-electron chi connectivity index (χ4n) is 1.56. The highest BCUT2D eigenvalue weighted by molar-refractivity contribution is 7.99. The molecule has 8 nitrogen and oxygen atoms in total. The van der Waals surface area contributed by atoms with Crippen LogP contribution in [0.15, 0.2) is 17.1 Å². The Balaban J connectivity index is 2.95. The van der Waals surface area contributed by atoms with Gasteiger partial charge in [-0.1, -0.05) is 0 Å². The number of nitrogens with zero attached hydrogens (tertiary/aromatic N) is 1. The summed E-state index contributed by atoms with van der Waals surface area (Å²) in [6.45, 7) is 1.55. The number of carbonyl (C=O) groups excluding carboxylic acids is 1. The number of pyridine rings is 1. The lowest BCUT2D eigenvalue weighted by Gasteiger charge is -2.20. The lowest BCUT2D eigenvalue weighted by Crippen LogP contribution is -2.42. The van der Waals surface area contributed by atoms with E-state index in [2.05, 4.69) is 10.3 Å². The highest BCUT2D eigenvalue weighted by Gasteiger charge is 2.21. The lowest BCUT2D eigenvalue weighted by atomic mass is 10.2. The van der Waals surface area contributed by atoms with E-state index in [4.69, 9.17) is 5.11 Å². The number of hydrogen-bond donors (Lipinski definition) is 3. The Labute approximate surface area is 118 Å². The van der Waals surface area contributed by atoms with Gasteiger partial charge in [0.1, 0.15) is 5.56 Å². The van der Waals surface area contributed by atoms with Crippen LogP contribution in [0.2, 0.25) is 0 Å². The summed E-state index contributed by atoms with van der Waals surface area (Å²) in [6, 6.07) is 0.537. The van der Waals surface area contributed by atoms with Gasteiger partial charge in [0.05, 0.1) is 17.7 Å². The Kier molecular flexibility index (Phi) is 5.71. The molecule has 0 aliphatic carbocycles. The summed E-state index contributed by atoms with van der Waals surface area (Å²) in [5.41, 5.74) is -1.40. The molecule has 2 atom stereocenters. The van der Waals surface area contributed by atoms with Crippen molar-refractivity contribution in [1.82, 2.24) is 10.3 Å². The maximum atomic E-state index is 11.9. The van der Waals surface area contributed by atoms with Crippen LogP contribution in [0.3, 0.4) is 0 Å². The highest BCUT2D eigenvalue weighted by atomic mass is 32.2. The van der Waals surface area contributed by atoms with Crippen LogP contribution in [-0.4, -0.2) is 45.1 Å². The number of hydrogen-bond acceptors (Lipinski definition) is 6. The predicted molar refractivity (Wildman–Crippen MR) is 75.0 cm³/mol. The molecule has 110 valence electrons. The van der Waals surface area contributed by atoms with Crippen molar-refractivity contribution in [2.45, 2.75) is 18.2 Å². The summed E-state index contributed by atoms with van der Waals surface area (Å²) >= 11 is 1.37. The first-order chi connectivity index (χ1) is 9.40. The van der Waals surface area contributed by atoms with Gasteiger partial charge in [-0.3, -0.25) is 19.7 Å². The van der Waals surface area contributed by atoms with E-state index in [0.717, 1.165) is 12.3 Å². The maximum Gasteiger partial charge on any atom is 0.286 e. The van der Waals surface area contributed by atoms with E-state index >= 15 is 0 Å². The predicted octanol–water partition coefficient (Wildman–Crippen LogP) is 0.125. The van der Waals surface area contributed by atoms with Gasteiger partial charge in [0, 0.05) is 17.4 Å². The van der Waals surface area contributed by atoms with Crippen molar-refractivity contribution >= 4 is 23.4 Å². The third-order valence-electron chi connectivity index (χ3n) is 2.74. The summed E-state index contributed by atoms with van der Waals surface area (Å²) < 4.78 is 0. The molecule has 1 heterocycles. The van der Waals surface area contributed by atoms with Gasteiger partial charge in [0.2, 0.25) is 0 Å². The lowest BCUT2D eigenvalue weighted by molar-refractivity contribution is -0.385. The number of aromatic amines is 1. The minimum absolute atomic E-state index is 0.131. The van der Waals surface area contributed by atoms with Crippen LogP contribution >= 0.6 is 11.8 Å². The number of H-pyrrole nitrogens is 1. The van der Waals surface area contributed by atoms with Crippen molar-refractivity contribution in [2.24, 2.45) is 0 Å². The molecule has 9 heteroatoms. The molecule has 20 heavy (non-hydrogen) atoms. The van der Waals surface area contributed by atoms with Crippen molar-refractivity contribution in [3.05, 3.63) is 38.3 Å². The van der Waals surface area contributed by atoms with Crippen molar-refractivity contribution in [2.75, 3.05) is 12.9 Å². The zero-order chi connectivity index (χ0) is 15.3. The summed E-state index contributed by atoms with van der Waals surface area (Å²) in [5, 5.41) is 22.1. The van der Waals surface area contributed by atoms with Crippen LogP contribution in [0.4, 0.5) is 5.69 Å².